The first-order valence-electron chi connectivity index (χ1n) is 4.81. The fourth-order valence-corrected chi connectivity index (χ4v) is 1.67. The van der Waals surface area contributed by atoms with Crippen molar-refractivity contribution in [3.05, 3.63) is 34.9 Å². The lowest BCUT2D eigenvalue weighted by Crippen LogP contribution is -2.16. The quantitative estimate of drug-likeness (QED) is 0.835. The maximum atomic E-state index is 13.6. The van der Waals surface area contributed by atoms with Crippen molar-refractivity contribution in [3.8, 4) is 0 Å². The molecule has 15 heavy (non-hydrogen) atoms. The third-order valence-electron chi connectivity index (χ3n) is 2.78. The summed E-state index contributed by atoms with van der Waals surface area (Å²) in [6.07, 6.45) is 1.96. The minimum atomic E-state index is -0.521. The van der Waals surface area contributed by atoms with Gasteiger partial charge in [0, 0.05) is 11.6 Å². The van der Waals surface area contributed by atoms with Crippen LogP contribution in [0.3, 0.4) is 0 Å². The van der Waals surface area contributed by atoms with Crippen LogP contribution in [0.4, 0.5) is 8.78 Å². The second-order valence-electron chi connectivity index (χ2n) is 3.96. The van der Waals surface area contributed by atoms with E-state index in [0.29, 0.717) is 5.56 Å². The summed E-state index contributed by atoms with van der Waals surface area (Å²) < 4.78 is 26.9. The summed E-state index contributed by atoms with van der Waals surface area (Å²) in [5.41, 5.74) is 6.31. The van der Waals surface area contributed by atoms with E-state index < -0.39 is 17.7 Å². The Morgan fingerprint density at radius 1 is 1.33 bits per heavy atom. The molecule has 1 aliphatic carbocycles. The molecule has 0 saturated heterocycles. The highest BCUT2D eigenvalue weighted by Crippen LogP contribution is 2.41. The minimum absolute atomic E-state index is 0. The fraction of sp³-hybridized carbons (Fsp3) is 0.455. The summed E-state index contributed by atoms with van der Waals surface area (Å²) in [5, 5.41) is 0. The van der Waals surface area contributed by atoms with Gasteiger partial charge in [-0.1, -0.05) is 6.07 Å². The van der Waals surface area contributed by atoms with E-state index in [1.54, 1.807) is 6.92 Å². The number of aryl methyl sites for hydroxylation is 1. The number of halogens is 3. The Kier molecular flexibility index (Phi) is 3.68. The Morgan fingerprint density at radius 3 is 2.47 bits per heavy atom. The van der Waals surface area contributed by atoms with Gasteiger partial charge in [0.05, 0.1) is 0 Å². The van der Waals surface area contributed by atoms with E-state index in [0.717, 1.165) is 12.8 Å². The van der Waals surface area contributed by atoms with Crippen LogP contribution in [0.15, 0.2) is 12.1 Å². The zero-order valence-corrected chi connectivity index (χ0v) is 9.28. The van der Waals surface area contributed by atoms with Crippen LogP contribution in [0.5, 0.6) is 0 Å². The lowest BCUT2D eigenvalue weighted by atomic mass is 10.00. The van der Waals surface area contributed by atoms with Crippen LogP contribution < -0.4 is 5.73 Å². The molecule has 0 amide bonds. The Balaban J connectivity index is 0.00000112. The second-order valence-corrected chi connectivity index (χ2v) is 3.96. The van der Waals surface area contributed by atoms with Gasteiger partial charge in [0.2, 0.25) is 0 Å². The highest BCUT2D eigenvalue weighted by atomic mass is 35.5. The minimum Gasteiger partial charge on any atom is -0.324 e. The van der Waals surface area contributed by atoms with Crippen molar-refractivity contribution in [2.24, 2.45) is 11.7 Å². The van der Waals surface area contributed by atoms with Crippen molar-refractivity contribution in [1.82, 2.24) is 0 Å². The molecule has 0 spiro atoms. The Bertz CT molecular complexity index is 364. The second kappa shape index (κ2) is 4.45. The van der Waals surface area contributed by atoms with Crippen LogP contribution in [0.25, 0.3) is 0 Å². The summed E-state index contributed by atoms with van der Waals surface area (Å²) in [6.45, 7) is 1.62. The zero-order chi connectivity index (χ0) is 10.3. The van der Waals surface area contributed by atoms with Gasteiger partial charge >= 0.3 is 0 Å². The molecule has 0 unspecified atom stereocenters. The molecule has 1 fully saturated rings. The summed E-state index contributed by atoms with van der Waals surface area (Å²) in [6, 6.07) is 2.25. The summed E-state index contributed by atoms with van der Waals surface area (Å²) in [4.78, 5) is 0. The van der Waals surface area contributed by atoms with Crippen LogP contribution >= 0.6 is 12.4 Å². The first-order chi connectivity index (χ1) is 6.61. The van der Waals surface area contributed by atoms with Gasteiger partial charge in [0.25, 0.3) is 0 Å². The first kappa shape index (κ1) is 12.4. The summed E-state index contributed by atoms with van der Waals surface area (Å²) in [7, 11) is 0. The van der Waals surface area contributed by atoms with E-state index in [1.165, 1.54) is 12.1 Å². The van der Waals surface area contributed by atoms with Gasteiger partial charge in [-0.05, 0) is 37.3 Å². The maximum Gasteiger partial charge on any atom is 0.133 e. The molecule has 1 nitrogen and oxygen atoms in total. The van der Waals surface area contributed by atoms with Gasteiger partial charge in [0.1, 0.15) is 11.6 Å². The number of hydrogen-bond donors (Lipinski definition) is 1. The third-order valence-corrected chi connectivity index (χ3v) is 2.78. The molecule has 84 valence electrons. The number of hydrogen-bond acceptors (Lipinski definition) is 1. The predicted molar refractivity (Wildman–Crippen MR) is 58.0 cm³/mol. The van der Waals surface area contributed by atoms with Gasteiger partial charge in [-0.3, -0.25) is 0 Å². The third kappa shape index (κ3) is 2.29. The highest BCUT2D eigenvalue weighted by molar-refractivity contribution is 5.85. The average molecular weight is 234 g/mol. The predicted octanol–water partition coefficient (Wildman–Crippen LogP) is 3.10. The topological polar surface area (TPSA) is 26.0 Å². The molecule has 0 aromatic heterocycles. The van der Waals surface area contributed by atoms with Crippen molar-refractivity contribution in [2.45, 2.75) is 25.8 Å². The van der Waals surface area contributed by atoms with Crippen molar-refractivity contribution in [1.29, 1.82) is 0 Å². The fourth-order valence-electron chi connectivity index (χ4n) is 1.67. The Hall–Kier alpha value is -0.670. The lowest BCUT2D eigenvalue weighted by molar-refractivity contribution is 0.500. The molecule has 1 aliphatic rings. The van der Waals surface area contributed by atoms with Crippen LogP contribution in [0.1, 0.15) is 30.0 Å². The molecule has 0 heterocycles. The smallest absolute Gasteiger partial charge is 0.133 e. The van der Waals surface area contributed by atoms with E-state index in [1.807, 2.05) is 0 Å². The van der Waals surface area contributed by atoms with Crippen molar-refractivity contribution < 1.29 is 8.78 Å². The van der Waals surface area contributed by atoms with E-state index in [9.17, 15) is 8.78 Å². The summed E-state index contributed by atoms with van der Waals surface area (Å²) in [5.74, 6) is -0.738. The Labute approximate surface area is 94.1 Å². The molecule has 2 N–H and O–H groups in total. The zero-order valence-electron chi connectivity index (χ0n) is 8.47. The van der Waals surface area contributed by atoms with Crippen molar-refractivity contribution >= 4 is 12.4 Å². The molecule has 0 bridgehead atoms. The largest absolute Gasteiger partial charge is 0.324 e. The molecule has 1 atom stereocenters. The van der Waals surface area contributed by atoms with Crippen molar-refractivity contribution in [2.75, 3.05) is 0 Å². The summed E-state index contributed by atoms with van der Waals surface area (Å²) >= 11 is 0. The van der Waals surface area contributed by atoms with E-state index in [2.05, 4.69) is 0 Å². The monoisotopic (exact) mass is 233 g/mol. The molecule has 0 aliphatic heterocycles. The van der Waals surface area contributed by atoms with Gasteiger partial charge < -0.3 is 5.73 Å². The van der Waals surface area contributed by atoms with Crippen LogP contribution in [-0.4, -0.2) is 0 Å². The SMILES string of the molecule is Cc1ccc(F)c([C@@H](N)C2CC2)c1F.Cl. The van der Waals surface area contributed by atoms with Crippen molar-refractivity contribution in [3.63, 3.8) is 0 Å². The molecule has 0 radical (unpaired) electrons. The van der Waals surface area contributed by atoms with Gasteiger partial charge in [-0.25, -0.2) is 8.78 Å². The van der Waals surface area contributed by atoms with E-state index >= 15 is 0 Å². The van der Waals surface area contributed by atoms with Crippen LogP contribution in [0, 0.1) is 24.5 Å². The molecular weight excluding hydrogens is 220 g/mol. The lowest BCUT2D eigenvalue weighted by Gasteiger charge is -2.14. The molecule has 2 rings (SSSR count). The maximum absolute atomic E-state index is 13.6. The Morgan fingerprint density at radius 2 is 1.93 bits per heavy atom. The molecule has 4 heteroatoms. The van der Waals surface area contributed by atoms with Gasteiger partial charge in [-0.2, -0.15) is 0 Å². The molecular formula is C11H14ClF2N. The average Bonchev–Trinajstić information content (AvgIpc) is 2.95. The molecule has 1 aromatic rings. The van der Waals surface area contributed by atoms with Gasteiger partial charge in [-0.15, -0.1) is 12.4 Å². The van der Waals surface area contributed by atoms with Crippen LogP contribution in [0.2, 0.25) is 0 Å². The van der Waals surface area contributed by atoms with Crippen LogP contribution in [-0.2, 0) is 0 Å². The standard InChI is InChI=1S/C11H13F2N.ClH/c1-6-2-5-8(12)9(10(6)13)11(14)7-3-4-7;/h2,5,7,11H,3-4,14H2,1H3;1H/t11-;/m0./s1. The normalized spacial score (nSPS) is 17.1. The highest BCUT2D eigenvalue weighted by Gasteiger charge is 2.33. The number of benzene rings is 1. The molecule has 1 saturated carbocycles. The van der Waals surface area contributed by atoms with E-state index in [4.69, 9.17) is 5.73 Å². The first-order valence-corrected chi connectivity index (χ1v) is 4.81. The van der Waals surface area contributed by atoms with E-state index in [-0.39, 0.29) is 23.9 Å². The molecule has 1 aromatic carbocycles. The number of rotatable bonds is 2. The van der Waals surface area contributed by atoms with Gasteiger partial charge in [0.15, 0.2) is 0 Å². The number of nitrogens with two attached hydrogens (primary N) is 1.